The molecule has 0 unspecified atom stereocenters. The van der Waals surface area contributed by atoms with Crippen LogP contribution in [0, 0.1) is 0 Å². The van der Waals surface area contributed by atoms with Crippen molar-refractivity contribution in [1.82, 2.24) is 10.3 Å². The van der Waals surface area contributed by atoms with Gasteiger partial charge in [0.05, 0.1) is 6.42 Å². The summed E-state index contributed by atoms with van der Waals surface area (Å²) in [5.74, 6) is -0.269. The third kappa shape index (κ3) is 4.60. The molecule has 0 radical (unpaired) electrons. The molecule has 0 saturated heterocycles. The van der Waals surface area contributed by atoms with Crippen molar-refractivity contribution in [2.75, 3.05) is 6.54 Å². The van der Waals surface area contributed by atoms with E-state index in [0.717, 1.165) is 44.0 Å². The van der Waals surface area contributed by atoms with Crippen LogP contribution in [0.1, 0.15) is 42.3 Å². The standard InChI is InChI=1S/C24H24N2O3S/c1-24(2,3)29-22(27)11-15-10-18(14-25-13-15)21-7-6-20(30-21)17-5-4-16-8-9-26-23(28)19(16)12-17/h4-7,10,12-14H,8-9,11H2,1-3H3,(H,26,28). The molecule has 1 N–H and O–H groups in total. The molecule has 3 heterocycles. The van der Waals surface area contributed by atoms with E-state index in [0.29, 0.717) is 6.54 Å². The van der Waals surface area contributed by atoms with Gasteiger partial charge in [0.25, 0.3) is 5.91 Å². The van der Waals surface area contributed by atoms with Gasteiger partial charge < -0.3 is 10.1 Å². The van der Waals surface area contributed by atoms with Gasteiger partial charge in [-0.25, -0.2) is 0 Å². The van der Waals surface area contributed by atoms with Crippen LogP contribution >= 0.6 is 11.3 Å². The molecular weight excluding hydrogens is 396 g/mol. The number of benzene rings is 1. The molecule has 154 valence electrons. The number of ether oxygens (including phenoxy) is 1. The molecule has 0 fully saturated rings. The molecular formula is C24H24N2O3S. The zero-order chi connectivity index (χ0) is 21.3. The molecule has 2 aromatic heterocycles. The average Bonchev–Trinajstić information content (AvgIpc) is 3.17. The van der Waals surface area contributed by atoms with Crippen LogP contribution < -0.4 is 5.32 Å². The number of carbonyl (C=O) groups excluding carboxylic acids is 2. The van der Waals surface area contributed by atoms with Gasteiger partial charge in [0.2, 0.25) is 0 Å². The van der Waals surface area contributed by atoms with Crippen LogP contribution in [-0.2, 0) is 22.4 Å². The zero-order valence-electron chi connectivity index (χ0n) is 17.3. The van der Waals surface area contributed by atoms with E-state index in [-0.39, 0.29) is 18.3 Å². The van der Waals surface area contributed by atoms with E-state index in [1.165, 1.54) is 0 Å². The molecule has 4 rings (SSSR count). The van der Waals surface area contributed by atoms with Crippen LogP contribution in [0.5, 0.6) is 0 Å². The van der Waals surface area contributed by atoms with Crippen molar-refractivity contribution < 1.29 is 14.3 Å². The summed E-state index contributed by atoms with van der Waals surface area (Å²) in [6.45, 7) is 6.27. The normalized spacial score (nSPS) is 13.5. The van der Waals surface area contributed by atoms with E-state index in [4.69, 9.17) is 4.74 Å². The molecule has 0 bridgehead atoms. The van der Waals surface area contributed by atoms with Crippen LogP contribution in [0.15, 0.2) is 48.8 Å². The summed E-state index contributed by atoms with van der Waals surface area (Å²) in [4.78, 5) is 30.7. The third-order valence-corrected chi connectivity index (χ3v) is 5.96. The molecule has 30 heavy (non-hydrogen) atoms. The lowest BCUT2D eigenvalue weighted by atomic mass is 9.97. The van der Waals surface area contributed by atoms with Crippen molar-refractivity contribution in [2.24, 2.45) is 0 Å². The fraction of sp³-hybridized carbons (Fsp3) is 0.292. The van der Waals surface area contributed by atoms with Crippen molar-refractivity contribution in [3.63, 3.8) is 0 Å². The number of hydrogen-bond donors (Lipinski definition) is 1. The summed E-state index contributed by atoms with van der Waals surface area (Å²) in [6, 6.07) is 12.2. The lowest BCUT2D eigenvalue weighted by molar-refractivity contribution is -0.153. The minimum atomic E-state index is -0.503. The molecule has 0 spiro atoms. The van der Waals surface area contributed by atoms with E-state index < -0.39 is 5.60 Å². The second-order valence-corrected chi connectivity index (χ2v) is 9.47. The molecule has 1 aromatic carbocycles. The van der Waals surface area contributed by atoms with Crippen molar-refractivity contribution >= 4 is 23.2 Å². The summed E-state index contributed by atoms with van der Waals surface area (Å²) in [5.41, 5.74) is 4.16. The summed E-state index contributed by atoms with van der Waals surface area (Å²) < 4.78 is 5.41. The minimum Gasteiger partial charge on any atom is -0.460 e. The van der Waals surface area contributed by atoms with E-state index >= 15 is 0 Å². The topological polar surface area (TPSA) is 68.3 Å². The maximum atomic E-state index is 12.2. The number of carbonyl (C=O) groups is 2. The van der Waals surface area contributed by atoms with Gasteiger partial charge in [-0.2, -0.15) is 0 Å². The van der Waals surface area contributed by atoms with Crippen LogP contribution in [0.25, 0.3) is 20.9 Å². The van der Waals surface area contributed by atoms with Crippen LogP contribution in [-0.4, -0.2) is 29.0 Å². The van der Waals surface area contributed by atoms with Gasteiger partial charge in [0.1, 0.15) is 5.60 Å². The Morgan fingerprint density at radius 2 is 1.87 bits per heavy atom. The van der Waals surface area contributed by atoms with Gasteiger partial charge in [-0.1, -0.05) is 12.1 Å². The van der Waals surface area contributed by atoms with Crippen LogP contribution in [0.3, 0.4) is 0 Å². The number of aromatic nitrogens is 1. The second-order valence-electron chi connectivity index (χ2n) is 8.39. The summed E-state index contributed by atoms with van der Waals surface area (Å²) in [7, 11) is 0. The van der Waals surface area contributed by atoms with Gasteiger partial charge in [-0.3, -0.25) is 14.6 Å². The Balaban J connectivity index is 1.55. The summed E-state index contributed by atoms with van der Waals surface area (Å²) in [5, 5.41) is 2.90. The van der Waals surface area contributed by atoms with Crippen molar-refractivity contribution in [2.45, 2.75) is 39.2 Å². The van der Waals surface area contributed by atoms with E-state index in [1.807, 2.05) is 45.0 Å². The van der Waals surface area contributed by atoms with Crippen molar-refractivity contribution in [3.8, 4) is 20.9 Å². The Bertz CT molecular complexity index is 1110. The predicted octanol–water partition coefficient (Wildman–Crippen LogP) is 4.65. The van der Waals surface area contributed by atoms with Crippen molar-refractivity contribution in [3.05, 3.63) is 65.5 Å². The molecule has 1 aliphatic rings. The quantitative estimate of drug-likeness (QED) is 0.624. The van der Waals surface area contributed by atoms with Gasteiger partial charge in [-0.15, -0.1) is 11.3 Å². The monoisotopic (exact) mass is 420 g/mol. The highest BCUT2D eigenvalue weighted by Gasteiger charge is 2.19. The highest BCUT2D eigenvalue weighted by molar-refractivity contribution is 7.18. The average molecular weight is 421 g/mol. The smallest absolute Gasteiger partial charge is 0.310 e. The number of esters is 1. The summed E-state index contributed by atoms with van der Waals surface area (Å²) in [6.07, 6.45) is 4.56. The minimum absolute atomic E-state index is 0.00563. The number of rotatable bonds is 4. The largest absolute Gasteiger partial charge is 0.460 e. The number of amides is 1. The van der Waals surface area contributed by atoms with Crippen molar-refractivity contribution in [1.29, 1.82) is 0 Å². The van der Waals surface area contributed by atoms with Gasteiger partial charge in [0.15, 0.2) is 0 Å². The number of nitrogens with one attached hydrogen (secondary N) is 1. The Morgan fingerprint density at radius 1 is 1.10 bits per heavy atom. The first-order valence-corrected chi connectivity index (χ1v) is 10.8. The fourth-order valence-corrected chi connectivity index (χ4v) is 4.46. The fourth-order valence-electron chi connectivity index (χ4n) is 3.48. The first-order valence-electron chi connectivity index (χ1n) is 9.96. The number of thiophene rings is 1. The Hall–Kier alpha value is -2.99. The molecule has 1 aliphatic heterocycles. The molecule has 1 amide bonds. The first-order chi connectivity index (χ1) is 14.3. The molecule has 0 aliphatic carbocycles. The number of fused-ring (bicyclic) bond motifs is 1. The molecule has 0 saturated carbocycles. The zero-order valence-corrected chi connectivity index (χ0v) is 18.1. The van der Waals surface area contributed by atoms with E-state index in [2.05, 4.69) is 22.4 Å². The first kappa shape index (κ1) is 20.3. The van der Waals surface area contributed by atoms with E-state index in [1.54, 1.807) is 23.7 Å². The van der Waals surface area contributed by atoms with Crippen LogP contribution in [0.4, 0.5) is 0 Å². The third-order valence-electron chi connectivity index (χ3n) is 4.77. The van der Waals surface area contributed by atoms with Gasteiger partial charge >= 0.3 is 5.97 Å². The maximum Gasteiger partial charge on any atom is 0.310 e. The highest BCUT2D eigenvalue weighted by Crippen LogP contribution is 2.35. The summed E-state index contributed by atoms with van der Waals surface area (Å²) >= 11 is 1.64. The predicted molar refractivity (Wildman–Crippen MR) is 119 cm³/mol. The SMILES string of the molecule is CC(C)(C)OC(=O)Cc1cncc(-c2ccc(-c3ccc4c(c3)C(=O)NCC4)s2)c1. The number of nitrogens with zero attached hydrogens (tertiary/aromatic N) is 1. The lowest BCUT2D eigenvalue weighted by Gasteiger charge is -2.19. The molecule has 3 aromatic rings. The molecule has 6 heteroatoms. The number of pyridine rings is 1. The van der Waals surface area contributed by atoms with Crippen LogP contribution in [0.2, 0.25) is 0 Å². The lowest BCUT2D eigenvalue weighted by Crippen LogP contribution is -2.31. The Labute approximate surface area is 180 Å². The van der Waals surface area contributed by atoms with Gasteiger partial charge in [-0.05, 0) is 68.1 Å². The Kier molecular flexibility index (Phi) is 5.43. The second kappa shape index (κ2) is 8.03. The van der Waals surface area contributed by atoms with Gasteiger partial charge in [0, 0.05) is 39.8 Å². The highest BCUT2D eigenvalue weighted by atomic mass is 32.1. The molecule has 0 atom stereocenters. The molecule has 5 nitrogen and oxygen atoms in total. The van der Waals surface area contributed by atoms with E-state index in [9.17, 15) is 9.59 Å². The number of hydrogen-bond acceptors (Lipinski definition) is 5. The maximum absolute atomic E-state index is 12.2. The Morgan fingerprint density at radius 3 is 2.63 bits per heavy atom.